The number of nitrogens with one attached hydrogen (secondary N) is 2. The maximum atomic E-state index is 12.4. The number of pyridine rings is 1. The van der Waals surface area contributed by atoms with E-state index in [1.54, 1.807) is 44.5 Å². The van der Waals surface area contributed by atoms with E-state index in [2.05, 4.69) is 25.6 Å². The molecule has 0 saturated carbocycles. The predicted molar refractivity (Wildman–Crippen MR) is 103 cm³/mol. The number of ether oxygens (including phenoxy) is 1. The second-order valence-corrected chi connectivity index (χ2v) is 6.10. The second kappa shape index (κ2) is 8.46. The van der Waals surface area contributed by atoms with E-state index in [0.717, 1.165) is 5.69 Å². The third kappa shape index (κ3) is 4.92. The molecule has 1 aromatic carbocycles. The molecule has 3 rings (SSSR count). The first-order chi connectivity index (χ1) is 13.0. The fourth-order valence-electron chi connectivity index (χ4n) is 2.43. The minimum Gasteiger partial charge on any atom is -0.495 e. The van der Waals surface area contributed by atoms with Gasteiger partial charge in [-0.1, -0.05) is 17.7 Å². The predicted octanol–water partition coefficient (Wildman–Crippen LogP) is 3.52. The zero-order valence-electron chi connectivity index (χ0n) is 14.9. The molecule has 0 unspecified atom stereocenters. The number of amides is 1. The summed E-state index contributed by atoms with van der Waals surface area (Å²) in [4.78, 5) is 25.2. The number of carbonyl (C=O) groups excluding carboxylic acids is 1. The first-order valence-corrected chi connectivity index (χ1v) is 8.57. The van der Waals surface area contributed by atoms with Crippen LogP contribution in [0.3, 0.4) is 0 Å². The number of aryl methyl sites for hydroxylation is 1. The largest absolute Gasteiger partial charge is 0.495 e. The van der Waals surface area contributed by atoms with Crippen LogP contribution in [0.1, 0.15) is 22.0 Å². The Balaban J connectivity index is 1.78. The van der Waals surface area contributed by atoms with Gasteiger partial charge in [-0.15, -0.1) is 0 Å². The van der Waals surface area contributed by atoms with Crippen molar-refractivity contribution < 1.29 is 9.53 Å². The van der Waals surface area contributed by atoms with E-state index >= 15 is 0 Å². The third-order valence-electron chi connectivity index (χ3n) is 3.65. The van der Waals surface area contributed by atoms with Gasteiger partial charge in [0, 0.05) is 17.3 Å². The summed E-state index contributed by atoms with van der Waals surface area (Å²) < 4.78 is 5.32. The van der Waals surface area contributed by atoms with Gasteiger partial charge in [0.05, 0.1) is 25.0 Å². The second-order valence-electron chi connectivity index (χ2n) is 5.66. The molecule has 138 valence electrons. The van der Waals surface area contributed by atoms with Gasteiger partial charge in [0.15, 0.2) is 0 Å². The molecule has 0 fully saturated rings. The van der Waals surface area contributed by atoms with E-state index in [1.807, 2.05) is 18.2 Å². The molecule has 27 heavy (non-hydrogen) atoms. The molecule has 0 aliphatic heterocycles. The van der Waals surface area contributed by atoms with Crippen molar-refractivity contribution in [3.63, 3.8) is 0 Å². The molecule has 8 heteroatoms. The molecule has 2 aromatic heterocycles. The third-order valence-corrected chi connectivity index (χ3v) is 3.89. The zero-order chi connectivity index (χ0) is 19.2. The Morgan fingerprint density at radius 3 is 2.78 bits per heavy atom. The van der Waals surface area contributed by atoms with Crippen LogP contribution in [0.4, 0.5) is 11.5 Å². The average Bonchev–Trinajstić information content (AvgIpc) is 2.66. The van der Waals surface area contributed by atoms with Crippen LogP contribution in [0.2, 0.25) is 5.02 Å². The van der Waals surface area contributed by atoms with Crippen LogP contribution in [0, 0.1) is 6.92 Å². The summed E-state index contributed by atoms with van der Waals surface area (Å²) in [5.74, 6) is 1.22. The zero-order valence-corrected chi connectivity index (χ0v) is 15.6. The Bertz CT molecular complexity index is 950. The van der Waals surface area contributed by atoms with Crippen molar-refractivity contribution >= 4 is 29.0 Å². The summed E-state index contributed by atoms with van der Waals surface area (Å²) in [5.41, 5.74) is 1.66. The molecule has 0 aliphatic carbocycles. The first kappa shape index (κ1) is 18.6. The summed E-state index contributed by atoms with van der Waals surface area (Å²) in [7, 11) is 1.57. The SMILES string of the molecule is COc1ccc(Cl)cc1Nc1cc(C(=O)NCc2ccccn2)nc(C)n1. The molecule has 0 spiro atoms. The van der Waals surface area contributed by atoms with Crippen molar-refractivity contribution in [1.82, 2.24) is 20.3 Å². The first-order valence-electron chi connectivity index (χ1n) is 8.19. The molecular weight excluding hydrogens is 366 g/mol. The summed E-state index contributed by atoms with van der Waals surface area (Å²) >= 11 is 6.05. The monoisotopic (exact) mass is 383 g/mol. The smallest absolute Gasteiger partial charge is 0.270 e. The lowest BCUT2D eigenvalue weighted by atomic mass is 10.2. The van der Waals surface area contributed by atoms with Crippen LogP contribution in [0.15, 0.2) is 48.7 Å². The van der Waals surface area contributed by atoms with Crippen LogP contribution in [0.5, 0.6) is 5.75 Å². The maximum Gasteiger partial charge on any atom is 0.270 e. The Hall–Kier alpha value is -3.19. The van der Waals surface area contributed by atoms with E-state index in [0.29, 0.717) is 34.6 Å². The fourth-order valence-corrected chi connectivity index (χ4v) is 2.60. The van der Waals surface area contributed by atoms with Crippen molar-refractivity contribution in [3.8, 4) is 5.75 Å². The van der Waals surface area contributed by atoms with Crippen LogP contribution in [0.25, 0.3) is 0 Å². The Labute approximate surface area is 161 Å². The highest BCUT2D eigenvalue weighted by Gasteiger charge is 2.12. The summed E-state index contributed by atoms with van der Waals surface area (Å²) in [5, 5.41) is 6.47. The van der Waals surface area contributed by atoms with Gasteiger partial charge >= 0.3 is 0 Å². The van der Waals surface area contributed by atoms with Crippen LogP contribution in [-0.2, 0) is 6.54 Å². The summed E-state index contributed by atoms with van der Waals surface area (Å²) in [6.45, 7) is 2.03. The molecular formula is C19H18ClN5O2. The van der Waals surface area contributed by atoms with Crippen molar-refractivity contribution in [2.75, 3.05) is 12.4 Å². The molecule has 0 saturated heterocycles. The van der Waals surface area contributed by atoms with Gasteiger partial charge in [-0.05, 0) is 37.3 Å². The number of nitrogens with zero attached hydrogens (tertiary/aromatic N) is 3. The van der Waals surface area contributed by atoms with Gasteiger partial charge in [-0.2, -0.15) is 0 Å². The highest BCUT2D eigenvalue weighted by molar-refractivity contribution is 6.31. The number of methoxy groups -OCH3 is 1. The molecule has 0 bridgehead atoms. The summed E-state index contributed by atoms with van der Waals surface area (Å²) in [6.07, 6.45) is 1.68. The quantitative estimate of drug-likeness (QED) is 0.677. The molecule has 2 heterocycles. The lowest BCUT2D eigenvalue weighted by Gasteiger charge is -2.12. The number of aromatic nitrogens is 3. The van der Waals surface area contributed by atoms with Crippen molar-refractivity contribution in [1.29, 1.82) is 0 Å². The fraction of sp³-hybridized carbons (Fsp3) is 0.158. The Morgan fingerprint density at radius 2 is 2.04 bits per heavy atom. The standard InChI is InChI=1S/C19H18ClN5O2/c1-12-23-16(19(26)22-11-14-5-3-4-8-21-14)10-18(24-12)25-15-9-13(20)6-7-17(15)27-2/h3-10H,11H2,1-2H3,(H,22,26)(H,23,24,25). The molecule has 2 N–H and O–H groups in total. The van der Waals surface area contributed by atoms with Crippen LogP contribution >= 0.6 is 11.6 Å². The van der Waals surface area contributed by atoms with E-state index in [1.165, 1.54) is 0 Å². The number of hydrogen-bond acceptors (Lipinski definition) is 6. The highest BCUT2D eigenvalue weighted by Crippen LogP contribution is 2.30. The number of halogens is 1. The van der Waals surface area contributed by atoms with E-state index in [-0.39, 0.29) is 11.6 Å². The number of anilines is 2. The van der Waals surface area contributed by atoms with Gasteiger partial charge in [0.2, 0.25) is 0 Å². The minimum absolute atomic E-state index is 0.252. The van der Waals surface area contributed by atoms with Gasteiger partial charge in [-0.25, -0.2) is 9.97 Å². The topological polar surface area (TPSA) is 89.0 Å². The van der Waals surface area contributed by atoms with Gasteiger partial charge in [0.25, 0.3) is 5.91 Å². The van der Waals surface area contributed by atoms with E-state index in [9.17, 15) is 4.79 Å². The number of hydrogen-bond donors (Lipinski definition) is 2. The molecule has 7 nitrogen and oxygen atoms in total. The number of benzene rings is 1. The Morgan fingerprint density at radius 1 is 1.19 bits per heavy atom. The van der Waals surface area contributed by atoms with Crippen molar-refractivity contribution in [3.05, 3.63) is 70.9 Å². The van der Waals surface area contributed by atoms with Crippen molar-refractivity contribution in [2.45, 2.75) is 13.5 Å². The highest BCUT2D eigenvalue weighted by atomic mass is 35.5. The minimum atomic E-state index is -0.313. The van der Waals surface area contributed by atoms with Gasteiger partial charge < -0.3 is 15.4 Å². The Kier molecular flexibility index (Phi) is 5.83. The van der Waals surface area contributed by atoms with Gasteiger partial charge in [-0.3, -0.25) is 9.78 Å². The van der Waals surface area contributed by atoms with E-state index in [4.69, 9.17) is 16.3 Å². The molecule has 1 amide bonds. The number of rotatable bonds is 6. The molecule has 0 atom stereocenters. The van der Waals surface area contributed by atoms with E-state index < -0.39 is 0 Å². The normalized spacial score (nSPS) is 10.3. The lowest BCUT2D eigenvalue weighted by Crippen LogP contribution is -2.24. The molecule has 0 aliphatic rings. The maximum absolute atomic E-state index is 12.4. The van der Waals surface area contributed by atoms with Crippen LogP contribution in [-0.4, -0.2) is 28.0 Å². The number of carbonyl (C=O) groups is 1. The summed E-state index contributed by atoms with van der Waals surface area (Å²) in [6, 6.07) is 12.3. The molecule has 0 radical (unpaired) electrons. The molecule has 3 aromatic rings. The average molecular weight is 384 g/mol. The van der Waals surface area contributed by atoms with Crippen LogP contribution < -0.4 is 15.4 Å². The van der Waals surface area contributed by atoms with Crippen molar-refractivity contribution in [2.24, 2.45) is 0 Å². The lowest BCUT2D eigenvalue weighted by molar-refractivity contribution is 0.0945. The van der Waals surface area contributed by atoms with Gasteiger partial charge in [0.1, 0.15) is 23.1 Å².